The molecule has 6 heteroatoms. The van der Waals surface area contributed by atoms with Gasteiger partial charge in [-0.15, -0.1) is 0 Å². The number of esters is 1. The first kappa shape index (κ1) is 18.9. The second-order valence-electron chi connectivity index (χ2n) is 6.31. The smallest absolute Gasteiger partial charge is 0.363 e. The standard InChI is InChI=1S/C23H15ClFNO3/c24-20-10-2-1-9-19(20)22-26-21(23(27)29-22)13-15-5-4-8-18(12-15)28-14-16-6-3-7-17(25)11-16/h1-13H,14H2/b21-13-. The van der Waals surface area contributed by atoms with Crippen LogP contribution in [0.1, 0.15) is 16.7 Å². The molecule has 0 radical (unpaired) electrons. The van der Waals surface area contributed by atoms with E-state index >= 15 is 0 Å². The highest BCUT2D eigenvalue weighted by Gasteiger charge is 2.25. The van der Waals surface area contributed by atoms with Gasteiger partial charge in [0, 0.05) is 0 Å². The van der Waals surface area contributed by atoms with Crippen molar-refractivity contribution < 1.29 is 18.7 Å². The maximum Gasteiger partial charge on any atom is 0.363 e. The van der Waals surface area contributed by atoms with Gasteiger partial charge in [-0.1, -0.05) is 48.0 Å². The third-order valence-electron chi connectivity index (χ3n) is 4.18. The number of cyclic esters (lactones) is 1. The fourth-order valence-electron chi connectivity index (χ4n) is 2.80. The Bertz CT molecular complexity index is 1140. The summed E-state index contributed by atoms with van der Waals surface area (Å²) in [5.74, 6) is -0.0989. The molecule has 0 unspecified atom stereocenters. The van der Waals surface area contributed by atoms with E-state index in [1.807, 2.05) is 6.07 Å². The van der Waals surface area contributed by atoms with Crippen molar-refractivity contribution in [2.24, 2.45) is 4.99 Å². The number of nitrogens with zero attached hydrogens (tertiary/aromatic N) is 1. The predicted octanol–water partition coefficient (Wildman–Crippen LogP) is 5.40. The second-order valence-corrected chi connectivity index (χ2v) is 6.71. The molecule has 0 bridgehead atoms. The first-order chi connectivity index (χ1) is 14.1. The van der Waals surface area contributed by atoms with E-state index in [9.17, 15) is 9.18 Å². The Morgan fingerprint density at radius 1 is 1.03 bits per heavy atom. The summed E-state index contributed by atoms with van der Waals surface area (Å²) < 4.78 is 24.2. The predicted molar refractivity (Wildman–Crippen MR) is 109 cm³/mol. The molecular formula is C23H15ClFNO3. The summed E-state index contributed by atoms with van der Waals surface area (Å²) in [5.41, 5.74) is 2.17. The molecule has 0 saturated heterocycles. The van der Waals surface area contributed by atoms with Crippen LogP contribution in [0.15, 0.2) is 83.5 Å². The zero-order valence-corrected chi connectivity index (χ0v) is 15.9. The number of ether oxygens (including phenoxy) is 2. The molecule has 0 saturated carbocycles. The van der Waals surface area contributed by atoms with Gasteiger partial charge in [-0.05, 0) is 53.6 Å². The third-order valence-corrected chi connectivity index (χ3v) is 4.51. The number of carbonyl (C=O) groups is 1. The van der Waals surface area contributed by atoms with E-state index in [2.05, 4.69) is 4.99 Å². The van der Waals surface area contributed by atoms with Crippen molar-refractivity contribution >= 4 is 29.5 Å². The minimum atomic E-state index is -0.550. The number of rotatable bonds is 5. The van der Waals surface area contributed by atoms with E-state index in [4.69, 9.17) is 21.1 Å². The van der Waals surface area contributed by atoms with Gasteiger partial charge in [0.05, 0.1) is 10.6 Å². The van der Waals surface area contributed by atoms with Crippen molar-refractivity contribution in [2.75, 3.05) is 0 Å². The molecule has 0 N–H and O–H groups in total. The van der Waals surface area contributed by atoms with Gasteiger partial charge in [0.2, 0.25) is 5.90 Å². The average Bonchev–Trinajstić information content (AvgIpc) is 3.07. The molecule has 0 aromatic heterocycles. The lowest BCUT2D eigenvalue weighted by molar-refractivity contribution is -0.129. The molecule has 0 amide bonds. The summed E-state index contributed by atoms with van der Waals surface area (Å²) in [5, 5.41) is 0.452. The molecule has 3 aromatic carbocycles. The maximum atomic E-state index is 13.3. The van der Waals surface area contributed by atoms with Crippen LogP contribution in [-0.2, 0) is 16.1 Å². The summed E-state index contributed by atoms with van der Waals surface area (Å²) >= 11 is 6.14. The van der Waals surface area contributed by atoms with Gasteiger partial charge in [0.1, 0.15) is 18.2 Å². The summed E-state index contributed by atoms with van der Waals surface area (Å²) in [6.07, 6.45) is 1.61. The van der Waals surface area contributed by atoms with Gasteiger partial charge in [-0.25, -0.2) is 14.2 Å². The highest BCUT2D eigenvalue weighted by atomic mass is 35.5. The van der Waals surface area contributed by atoms with Crippen LogP contribution in [0.5, 0.6) is 5.75 Å². The minimum absolute atomic E-state index is 0.169. The monoisotopic (exact) mass is 407 g/mol. The van der Waals surface area contributed by atoms with Crippen molar-refractivity contribution in [3.8, 4) is 5.75 Å². The maximum absolute atomic E-state index is 13.3. The summed E-state index contributed by atoms with van der Waals surface area (Å²) in [7, 11) is 0. The van der Waals surface area contributed by atoms with Crippen LogP contribution in [0, 0.1) is 5.82 Å². The molecule has 1 aliphatic rings. The third kappa shape index (κ3) is 4.52. The highest BCUT2D eigenvalue weighted by molar-refractivity contribution is 6.34. The molecule has 0 spiro atoms. The Hall–Kier alpha value is -3.44. The summed E-state index contributed by atoms with van der Waals surface area (Å²) in [4.78, 5) is 16.5. The van der Waals surface area contributed by atoms with E-state index < -0.39 is 5.97 Å². The molecule has 0 fully saturated rings. The van der Waals surface area contributed by atoms with Gasteiger partial charge in [0.25, 0.3) is 0 Å². The first-order valence-electron chi connectivity index (χ1n) is 8.83. The van der Waals surface area contributed by atoms with Crippen LogP contribution in [0.25, 0.3) is 6.08 Å². The van der Waals surface area contributed by atoms with E-state index in [1.165, 1.54) is 12.1 Å². The van der Waals surface area contributed by atoms with E-state index in [0.717, 1.165) is 11.1 Å². The highest BCUT2D eigenvalue weighted by Crippen LogP contribution is 2.24. The number of aliphatic imine (C=N–C) groups is 1. The Kier molecular flexibility index (Phi) is 5.40. The summed E-state index contributed by atoms with van der Waals surface area (Å²) in [6.45, 7) is 0.231. The van der Waals surface area contributed by atoms with Crippen molar-refractivity contribution in [1.82, 2.24) is 0 Å². The molecular weight excluding hydrogens is 393 g/mol. The molecule has 1 heterocycles. The lowest BCUT2D eigenvalue weighted by Gasteiger charge is -2.07. The van der Waals surface area contributed by atoms with Gasteiger partial charge in [0.15, 0.2) is 5.70 Å². The van der Waals surface area contributed by atoms with Crippen LogP contribution < -0.4 is 4.74 Å². The van der Waals surface area contributed by atoms with Crippen LogP contribution in [0.4, 0.5) is 4.39 Å². The number of hydrogen-bond donors (Lipinski definition) is 0. The van der Waals surface area contributed by atoms with E-state index in [1.54, 1.807) is 60.7 Å². The lowest BCUT2D eigenvalue weighted by Crippen LogP contribution is -2.05. The van der Waals surface area contributed by atoms with Gasteiger partial charge >= 0.3 is 5.97 Å². The molecule has 3 aromatic rings. The molecule has 29 heavy (non-hydrogen) atoms. The van der Waals surface area contributed by atoms with Gasteiger partial charge in [-0.3, -0.25) is 0 Å². The molecule has 0 aliphatic carbocycles. The Morgan fingerprint density at radius 2 is 1.86 bits per heavy atom. The second kappa shape index (κ2) is 8.29. The summed E-state index contributed by atoms with van der Waals surface area (Å²) in [6, 6.07) is 20.4. The molecule has 1 aliphatic heterocycles. The molecule has 144 valence electrons. The normalized spacial score (nSPS) is 14.6. The SMILES string of the molecule is O=C1OC(c2ccccc2Cl)=N/C1=C\c1cccc(OCc2cccc(F)c2)c1. The largest absolute Gasteiger partial charge is 0.489 e. The number of benzene rings is 3. The number of carbonyl (C=O) groups excluding carboxylic acids is 1. The van der Waals surface area contributed by atoms with E-state index in [0.29, 0.717) is 16.3 Å². The fourth-order valence-corrected chi connectivity index (χ4v) is 3.02. The molecule has 4 rings (SSSR count). The average molecular weight is 408 g/mol. The van der Waals surface area contributed by atoms with Gasteiger partial charge in [-0.2, -0.15) is 0 Å². The quantitative estimate of drug-likeness (QED) is 0.420. The number of hydrogen-bond acceptors (Lipinski definition) is 4. The van der Waals surface area contributed by atoms with Crippen molar-refractivity contribution in [3.05, 3.63) is 106 Å². The topological polar surface area (TPSA) is 47.9 Å². The van der Waals surface area contributed by atoms with Crippen LogP contribution >= 0.6 is 11.6 Å². The Labute approximate surface area is 171 Å². The Balaban J connectivity index is 1.53. The minimum Gasteiger partial charge on any atom is -0.489 e. The number of halogens is 2. The van der Waals surface area contributed by atoms with Crippen molar-refractivity contribution in [2.45, 2.75) is 6.61 Å². The lowest BCUT2D eigenvalue weighted by atomic mass is 10.2. The van der Waals surface area contributed by atoms with Crippen LogP contribution in [0.2, 0.25) is 5.02 Å². The van der Waals surface area contributed by atoms with Crippen molar-refractivity contribution in [1.29, 1.82) is 0 Å². The zero-order chi connectivity index (χ0) is 20.2. The molecule has 0 atom stereocenters. The first-order valence-corrected chi connectivity index (χ1v) is 9.21. The van der Waals surface area contributed by atoms with Crippen molar-refractivity contribution in [3.63, 3.8) is 0 Å². The van der Waals surface area contributed by atoms with Crippen LogP contribution in [-0.4, -0.2) is 11.9 Å². The zero-order valence-electron chi connectivity index (χ0n) is 15.1. The van der Waals surface area contributed by atoms with Crippen LogP contribution in [0.3, 0.4) is 0 Å². The molecule has 4 nitrogen and oxygen atoms in total. The fraction of sp³-hybridized carbons (Fsp3) is 0.0435. The van der Waals surface area contributed by atoms with Gasteiger partial charge < -0.3 is 9.47 Å². The Morgan fingerprint density at radius 3 is 2.69 bits per heavy atom. The van der Waals surface area contributed by atoms with E-state index in [-0.39, 0.29) is 24.0 Å².